The van der Waals surface area contributed by atoms with E-state index in [4.69, 9.17) is 20.1 Å². The summed E-state index contributed by atoms with van der Waals surface area (Å²) in [4.78, 5) is 0. The van der Waals surface area contributed by atoms with Crippen LogP contribution in [0.2, 0.25) is 0 Å². The van der Waals surface area contributed by atoms with E-state index in [1.807, 2.05) is 25.2 Å². The Hall–Kier alpha value is -2.25. The molecule has 1 atom stereocenters. The van der Waals surface area contributed by atoms with Crippen LogP contribution < -0.4 is 25.5 Å². The van der Waals surface area contributed by atoms with Crippen molar-refractivity contribution >= 4 is 0 Å². The fourth-order valence-electron chi connectivity index (χ4n) is 2.55. The standard InChI is InChI=1S/C14H18N4O3/c1-18-13(11(19-2)8-16-18)12(17-15)9-4-3-5-10-14(9)21-7-6-20-10/h3-5,8,12,17H,6-7,15H2,1-2H3. The molecule has 1 aromatic carbocycles. The van der Waals surface area contributed by atoms with Gasteiger partial charge in [-0.15, -0.1) is 0 Å². The van der Waals surface area contributed by atoms with Crippen molar-refractivity contribution in [2.45, 2.75) is 6.04 Å². The van der Waals surface area contributed by atoms with Crippen LogP contribution in [-0.4, -0.2) is 30.1 Å². The van der Waals surface area contributed by atoms with Crippen molar-refractivity contribution in [1.29, 1.82) is 0 Å². The summed E-state index contributed by atoms with van der Waals surface area (Å²) in [6.45, 7) is 1.07. The maximum absolute atomic E-state index is 5.78. The monoisotopic (exact) mass is 290 g/mol. The van der Waals surface area contributed by atoms with E-state index in [-0.39, 0.29) is 6.04 Å². The first kappa shape index (κ1) is 13.7. The molecule has 112 valence electrons. The maximum Gasteiger partial charge on any atom is 0.166 e. The highest BCUT2D eigenvalue weighted by molar-refractivity contribution is 5.52. The first-order chi connectivity index (χ1) is 10.3. The molecule has 7 nitrogen and oxygen atoms in total. The molecule has 1 aromatic heterocycles. The Balaban J connectivity index is 2.10. The molecule has 1 unspecified atom stereocenters. The molecule has 3 N–H and O–H groups in total. The predicted molar refractivity (Wildman–Crippen MR) is 76.4 cm³/mol. The number of hydrazine groups is 1. The van der Waals surface area contributed by atoms with Gasteiger partial charge in [-0.05, 0) is 6.07 Å². The molecule has 0 aliphatic carbocycles. The summed E-state index contributed by atoms with van der Waals surface area (Å²) in [5.74, 6) is 7.87. The Morgan fingerprint density at radius 2 is 2.19 bits per heavy atom. The van der Waals surface area contributed by atoms with Gasteiger partial charge in [0.05, 0.1) is 19.3 Å². The summed E-state index contributed by atoms with van der Waals surface area (Å²) < 4.78 is 18.5. The van der Waals surface area contributed by atoms with E-state index in [9.17, 15) is 0 Å². The maximum atomic E-state index is 5.78. The highest BCUT2D eigenvalue weighted by Crippen LogP contribution is 2.40. The van der Waals surface area contributed by atoms with Crippen LogP contribution in [0.25, 0.3) is 0 Å². The molecule has 0 amide bonds. The quantitative estimate of drug-likeness (QED) is 0.639. The molecule has 0 spiro atoms. The number of aryl methyl sites for hydroxylation is 1. The summed E-state index contributed by atoms with van der Waals surface area (Å²) in [5, 5.41) is 4.22. The third-order valence-electron chi connectivity index (χ3n) is 3.52. The van der Waals surface area contributed by atoms with Gasteiger partial charge in [0.25, 0.3) is 0 Å². The Labute approximate surface area is 122 Å². The van der Waals surface area contributed by atoms with Crippen LogP contribution in [-0.2, 0) is 7.05 Å². The van der Waals surface area contributed by atoms with E-state index in [1.54, 1.807) is 18.0 Å². The normalized spacial score (nSPS) is 14.8. The minimum atomic E-state index is -0.316. The Morgan fingerprint density at radius 3 is 2.95 bits per heavy atom. The van der Waals surface area contributed by atoms with E-state index in [2.05, 4.69) is 10.5 Å². The molecule has 0 bridgehead atoms. The van der Waals surface area contributed by atoms with Crippen molar-refractivity contribution in [2.24, 2.45) is 12.9 Å². The number of nitrogens with one attached hydrogen (secondary N) is 1. The third kappa shape index (κ3) is 2.30. The Bertz CT molecular complexity index is 641. The molecule has 0 fully saturated rings. The van der Waals surface area contributed by atoms with Gasteiger partial charge < -0.3 is 14.2 Å². The lowest BCUT2D eigenvalue weighted by Gasteiger charge is -2.25. The van der Waals surface area contributed by atoms with Crippen LogP contribution in [0.4, 0.5) is 0 Å². The molecule has 0 saturated carbocycles. The Morgan fingerprint density at radius 1 is 1.38 bits per heavy atom. The molecule has 0 radical (unpaired) electrons. The van der Waals surface area contributed by atoms with Gasteiger partial charge in [-0.1, -0.05) is 12.1 Å². The molecule has 21 heavy (non-hydrogen) atoms. The fourth-order valence-corrected chi connectivity index (χ4v) is 2.55. The van der Waals surface area contributed by atoms with Crippen molar-refractivity contribution in [3.05, 3.63) is 35.7 Å². The first-order valence-corrected chi connectivity index (χ1v) is 6.66. The van der Waals surface area contributed by atoms with Crippen molar-refractivity contribution in [3.8, 4) is 17.2 Å². The zero-order chi connectivity index (χ0) is 14.8. The molecule has 7 heteroatoms. The fraction of sp³-hybridized carbons (Fsp3) is 0.357. The number of para-hydroxylation sites is 1. The number of benzene rings is 1. The van der Waals surface area contributed by atoms with Gasteiger partial charge in [0, 0.05) is 12.6 Å². The van der Waals surface area contributed by atoms with Crippen molar-refractivity contribution < 1.29 is 14.2 Å². The highest BCUT2D eigenvalue weighted by Gasteiger charge is 2.27. The largest absolute Gasteiger partial charge is 0.493 e. The van der Waals surface area contributed by atoms with Crippen molar-refractivity contribution in [1.82, 2.24) is 15.2 Å². The number of nitrogens with zero attached hydrogens (tertiary/aromatic N) is 2. The molecule has 1 aliphatic heterocycles. The SMILES string of the molecule is COc1cnn(C)c1C(NN)c1cccc2c1OCCO2. The topological polar surface area (TPSA) is 83.6 Å². The van der Waals surface area contributed by atoms with E-state index in [0.29, 0.717) is 24.7 Å². The van der Waals surface area contributed by atoms with E-state index in [1.165, 1.54) is 0 Å². The molecule has 1 aliphatic rings. The highest BCUT2D eigenvalue weighted by atomic mass is 16.6. The van der Waals surface area contributed by atoms with Crippen molar-refractivity contribution in [3.63, 3.8) is 0 Å². The number of rotatable bonds is 4. The first-order valence-electron chi connectivity index (χ1n) is 6.66. The van der Waals surface area contributed by atoms with Crippen LogP contribution >= 0.6 is 0 Å². The number of hydrogen-bond donors (Lipinski definition) is 2. The minimum absolute atomic E-state index is 0.316. The average molecular weight is 290 g/mol. The van der Waals surface area contributed by atoms with Crippen LogP contribution in [0, 0.1) is 0 Å². The minimum Gasteiger partial charge on any atom is -0.493 e. The summed E-state index contributed by atoms with van der Waals surface area (Å²) in [7, 11) is 3.45. The van der Waals surface area contributed by atoms with Gasteiger partial charge in [-0.2, -0.15) is 5.10 Å². The summed E-state index contributed by atoms with van der Waals surface area (Å²) >= 11 is 0. The number of nitrogens with two attached hydrogens (primary N) is 1. The van der Waals surface area contributed by atoms with Gasteiger partial charge in [0.1, 0.15) is 18.9 Å². The number of hydrogen-bond acceptors (Lipinski definition) is 6. The number of aromatic nitrogens is 2. The van der Waals surface area contributed by atoms with E-state index in [0.717, 1.165) is 17.0 Å². The summed E-state index contributed by atoms with van der Waals surface area (Å²) in [5.41, 5.74) is 4.52. The van der Waals surface area contributed by atoms with Crippen LogP contribution in [0.5, 0.6) is 17.2 Å². The molecule has 0 saturated heterocycles. The van der Waals surface area contributed by atoms with Gasteiger partial charge in [0.2, 0.25) is 0 Å². The summed E-state index contributed by atoms with van der Waals surface area (Å²) in [6.07, 6.45) is 1.66. The number of ether oxygens (including phenoxy) is 3. The Kier molecular flexibility index (Phi) is 3.68. The third-order valence-corrected chi connectivity index (χ3v) is 3.52. The second-order valence-corrected chi connectivity index (χ2v) is 4.69. The summed E-state index contributed by atoms with van der Waals surface area (Å²) in [6, 6.07) is 5.43. The van der Waals surface area contributed by atoms with Gasteiger partial charge in [0.15, 0.2) is 17.2 Å². The van der Waals surface area contributed by atoms with E-state index >= 15 is 0 Å². The second-order valence-electron chi connectivity index (χ2n) is 4.69. The number of methoxy groups -OCH3 is 1. The molecule has 3 rings (SSSR count). The van der Waals surface area contributed by atoms with E-state index < -0.39 is 0 Å². The van der Waals surface area contributed by atoms with Crippen LogP contribution in [0.15, 0.2) is 24.4 Å². The van der Waals surface area contributed by atoms with Crippen molar-refractivity contribution in [2.75, 3.05) is 20.3 Å². The zero-order valence-corrected chi connectivity index (χ0v) is 12.0. The molecule has 2 heterocycles. The lowest BCUT2D eigenvalue weighted by Crippen LogP contribution is -2.31. The lowest BCUT2D eigenvalue weighted by atomic mass is 10.0. The smallest absolute Gasteiger partial charge is 0.166 e. The second kappa shape index (κ2) is 5.63. The van der Waals surface area contributed by atoms with Crippen LogP contribution in [0.1, 0.15) is 17.3 Å². The predicted octanol–water partition coefficient (Wildman–Crippen LogP) is 0.753. The molecular weight excluding hydrogens is 272 g/mol. The zero-order valence-electron chi connectivity index (χ0n) is 12.0. The van der Waals surface area contributed by atoms with Crippen LogP contribution in [0.3, 0.4) is 0 Å². The molecular formula is C14H18N4O3. The lowest BCUT2D eigenvalue weighted by molar-refractivity contribution is 0.169. The van der Waals surface area contributed by atoms with Gasteiger partial charge >= 0.3 is 0 Å². The molecule has 2 aromatic rings. The average Bonchev–Trinajstić information content (AvgIpc) is 2.90. The number of fused-ring (bicyclic) bond motifs is 1. The van der Waals surface area contributed by atoms with Gasteiger partial charge in [-0.25, -0.2) is 5.43 Å². The van der Waals surface area contributed by atoms with Gasteiger partial charge in [-0.3, -0.25) is 10.5 Å².